The fourth-order valence-corrected chi connectivity index (χ4v) is 4.51. The molecule has 0 aliphatic carbocycles. The molecule has 3 heterocycles. The number of likely N-dealkylation sites (tertiary alicyclic amines) is 1. The van der Waals surface area contributed by atoms with Gasteiger partial charge in [-0.2, -0.15) is 0 Å². The first-order valence-corrected chi connectivity index (χ1v) is 11.0. The highest BCUT2D eigenvalue weighted by Gasteiger charge is 2.39. The van der Waals surface area contributed by atoms with Gasteiger partial charge in [-0.05, 0) is 62.8 Å². The van der Waals surface area contributed by atoms with Crippen LogP contribution in [0.15, 0.2) is 30.0 Å². The number of hydrogen-bond donors (Lipinski definition) is 1. The van der Waals surface area contributed by atoms with Crippen molar-refractivity contribution in [1.29, 1.82) is 0 Å². The number of fused-ring (bicyclic) bond motifs is 1. The van der Waals surface area contributed by atoms with E-state index in [1.165, 1.54) is 0 Å². The second kappa shape index (κ2) is 9.71. The first-order valence-electron chi connectivity index (χ1n) is 11.0. The predicted octanol–water partition coefficient (Wildman–Crippen LogP) is 3.18. The van der Waals surface area contributed by atoms with Crippen molar-refractivity contribution in [3.8, 4) is 11.5 Å². The summed E-state index contributed by atoms with van der Waals surface area (Å²) in [4.78, 5) is 15.1. The maximum absolute atomic E-state index is 13.2. The van der Waals surface area contributed by atoms with E-state index in [1.54, 1.807) is 0 Å². The van der Waals surface area contributed by atoms with Gasteiger partial charge in [-0.25, -0.2) is 0 Å². The van der Waals surface area contributed by atoms with E-state index in [0.717, 1.165) is 50.1 Å². The third-order valence-corrected chi connectivity index (χ3v) is 6.05. The van der Waals surface area contributed by atoms with Crippen LogP contribution in [0, 0.1) is 5.92 Å². The Hall–Kier alpha value is -2.25. The number of benzene rings is 1. The second-order valence-corrected chi connectivity index (χ2v) is 7.99. The number of hydrogen-bond acceptors (Lipinski definition) is 6. The van der Waals surface area contributed by atoms with Gasteiger partial charge in [-0.3, -0.25) is 4.79 Å². The summed E-state index contributed by atoms with van der Waals surface area (Å²) in [5, 5.41) is 9.41. The summed E-state index contributed by atoms with van der Waals surface area (Å²) in [6.45, 7) is 4.26. The van der Waals surface area contributed by atoms with Gasteiger partial charge < -0.3 is 29.0 Å². The van der Waals surface area contributed by atoms with Crippen LogP contribution < -0.4 is 9.47 Å². The molecule has 164 valence electrons. The standard InChI is InChI=1S/C23H31NO6/c1-2-27-23-17(7-6-12-25)18(16-8-9-19-20(13-16)29-15-28-19)14-21(30-23)22(26)24-10-4-3-5-11-24/h8-9,13-14,17-18,23,25H,2-7,10-12,15H2,1H3/t17-,18+,23+/m0/s1. The first kappa shape index (κ1) is 21.0. The van der Waals surface area contributed by atoms with Crippen LogP contribution in [0.2, 0.25) is 0 Å². The molecule has 0 saturated carbocycles. The van der Waals surface area contributed by atoms with Crippen LogP contribution in [-0.2, 0) is 14.3 Å². The van der Waals surface area contributed by atoms with Crippen molar-refractivity contribution in [2.24, 2.45) is 5.92 Å². The van der Waals surface area contributed by atoms with E-state index in [0.29, 0.717) is 24.5 Å². The summed E-state index contributed by atoms with van der Waals surface area (Å²) < 4.78 is 23.1. The van der Waals surface area contributed by atoms with Crippen LogP contribution in [0.25, 0.3) is 0 Å². The molecule has 1 N–H and O–H groups in total. The summed E-state index contributed by atoms with van der Waals surface area (Å²) in [5.74, 6) is 1.64. The number of aliphatic hydroxyl groups excluding tert-OH is 1. The molecule has 0 aromatic heterocycles. The molecule has 3 aliphatic heterocycles. The van der Waals surface area contributed by atoms with Crippen molar-refractivity contribution in [3.05, 3.63) is 35.6 Å². The average molecular weight is 418 g/mol. The zero-order valence-corrected chi connectivity index (χ0v) is 17.5. The Kier molecular flexibility index (Phi) is 6.79. The van der Waals surface area contributed by atoms with Gasteiger partial charge in [0.1, 0.15) is 0 Å². The summed E-state index contributed by atoms with van der Waals surface area (Å²) in [7, 11) is 0. The van der Waals surface area contributed by atoms with Crippen molar-refractivity contribution >= 4 is 5.91 Å². The smallest absolute Gasteiger partial charge is 0.288 e. The molecule has 1 aromatic carbocycles. The number of carbonyl (C=O) groups excluding carboxylic acids is 1. The normalized spacial score (nSPS) is 25.6. The lowest BCUT2D eigenvalue weighted by Crippen LogP contribution is -2.42. The van der Waals surface area contributed by atoms with E-state index < -0.39 is 6.29 Å². The van der Waals surface area contributed by atoms with E-state index in [4.69, 9.17) is 18.9 Å². The summed E-state index contributed by atoms with van der Waals surface area (Å²) in [6.07, 6.45) is 5.98. The highest BCUT2D eigenvalue weighted by molar-refractivity contribution is 5.92. The predicted molar refractivity (Wildman–Crippen MR) is 110 cm³/mol. The number of rotatable bonds is 7. The number of ether oxygens (including phenoxy) is 4. The highest BCUT2D eigenvalue weighted by Crippen LogP contribution is 2.43. The zero-order valence-electron chi connectivity index (χ0n) is 17.5. The van der Waals surface area contributed by atoms with Crippen molar-refractivity contribution in [3.63, 3.8) is 0 Å². The molecule has 1 fully saturated rings. The monoisotopic (exact) mass is 417 g/mol. The third kappa shape index (κ3) is 4.42. The number of amides is 1. The van der Waals surface area contributed by atoms with Gasteiger partial charge in [0.2, 0.25) is 13.1 Å². The fourth-order valence-electron chi connectivity index (χ4n) is 4.51. The Labute approximate surface area is 177 Å². The lowest BCUT2D eigenvalue weighted by Gasteiger charge is -2.38. The molecule has 30 heavy (non-hydrogen) atoms. The number of allylic oxidation sites excluding steroid dienone is 1. The molecular formula is C23H31NO6. The van der Waals surface area contributed by atoms with E-state index in [-0.39, 0.29) is 31.1 Å². The molecule has 7 heteroatoms. The first-order chi connectivity index (χ1) is 14.7. The molecule has 1 aromatic rings. The maximum atomic E-state index is 13.2. The van der Waals surface area contributed by atoms with E-state index in [2.05, 4.69) is 0 Å². The maximum Gasteiger partial charge on any atom is 0.288 e. The van der Waals surface area contributed by atoms with Gasteiger partial charge in [-0.1, -0.05) is 6.07 Å². The molecule has 1 saturated heterocycles. The van der Waals surface area contributed by atoms with Crippen LogP contribution in [-0.4, -0.2) is 55.3 Å². The number of nitrogens with zero attached hydrogens (tertiary/aromatic N) is 1. The Morgan fingerprint density at radius 2 is 2.00 bits per heavy atom. The summed E-state index contributed by atoms with van der Waals surface area (Å²) >= 11 is 0. The Bertz CT molecular complexity index is 773. The van der Waals surface area contributed by atoms with Crippen molar-refractivity contribution in [2.45, 2.75) is 51.2 Å². The van der Waals surface area contributed by atoms with Gasteiger partial charge in [-0.15, -0.1) is 0 Å². The molecule has 3 aliphatic rings. The minimum absolute atomic E-state index is 0.0182. The molecular weight excluding hydrogens is 386 g/mol. The van der Waals surface area contributed by atoms with Gasteiger partial charge >= 0.3 is 0 Å². The third-order valence-electron chi connectivity index (χ3n) is 6.05. The number of aliphatic hydroxyl groups is 1. The van der Waals surface area contributed by atoms with Gasteiger partial charge in [0.05, 0.1) is 0 Å². The summed E-state index contributed by atoms with van der Waals surface area (Å²) in [5.41, 5.74) is 1.03. The van der Waals surface area contributed by atoms with Crippen LogP contribution in [0.4, 0.5) is 0 Å². The Morgan fingerprint density at radius 1 is 1.20 bits per heavy atom. The molecule has 3 atom stereocenters. The average Bonchev–Trinajstić information content (AvgIpc) is 3.26. The molecule has 0 spiro atoms. The number of piperidine rings is 1. The quantitative estimate of drug-likeness (QED) is 0.734. The summed E-state index contributed by atoms with van der Waals surface area (Å²) in [6, 6.07) is 5.90. The number of carbonyl (C=O) groups is 1. The Balaban J connectivity index is 1.67. The van der Waals surface area contributed by atoms with Crippen LogP contribution >= 0.6 is 0 Å². The molecule has 7 nitrogen and oxygen atoms in total. The van der Waals surface area contributed by atoms with E-state index in [9.17, 15) is 9.90 Å². The molecule has 0 radical (unpaired) electrons. The van der Waals surface area contributed by atoms with Crippen molar-refractivity contribution in [1.82, 2.24) is 4.90 Å². The van der Waals surface area contributed by atoms with Gasteiger partial charge in [0.15, 0.2) is 17.3 Å². The zero-order chi connectivity index (χ0) is 20.9. The van der Waals surface area contributed by atoms with E-state index >= 15 is 0 Å². The highest BCUT2D eigenvalue weighted by atomic mass is 16.7. The van der Waals surface area contributed by atoms with Crippen molar-refractivity contribution < 1.29 is 28.8 Å². The van der Waals surface area contributed by atoms with Crippen LogP contribution in [0.3, 0.4) is 0 Å². The topological polar surface area (TPSA) is 77.5 Å². The largest absolute Gasteiger partial charge is 0.459 e. The van der Waals surface area contributed by atoms with E-state index in [1.807, 2.05) is 36.1 Å². The lowest BCUT2D eigenvalue weighted by atomic mass is 9.80. The minimum atomic E-state index is -0.536. The lowest BCUT2D eigenvalue weighted by molar-refractivity contribution is -0.170. The van der Waals surface area contributed by atoms with Gasteiger partial charge in [0, 0.05) is 38.1 Å². The molecule has 4 rings (SSSR count). The van der Waals surface area contributed by atoms with Gasteiger partial charge in [0.25, 0.3) is 5.91 Å². The SMILES string of the molecule is CCO[C@@H]1OC(C(=O)N2CCCCC2)=C[C@H](c2ccc3c(c2)OCO3)[C@@H]1CCCO. The molecule has 0 unspecified atom stereocenters. The van der Waals surface area contributed by atoms with Crippen LogP contribution in [0.1, 0.15) is 50.5 Å². The van der Waals surface area contributed by atoms with Crippen LogP contribution in [0.5, 0.6) is 11.5 Å². The molecule has 0 bridgehead atoms. The second-order valence-electron chi connectivity index (χ2n) is 7.99. The fraction of sp³-hybridized carbons (Fsp3) is 0.609. The Morgan fingerprint density at radius 3 is 2.77 bits per heavy atom. The molecule has 1 amide bonds. The minimum Gasteiger partial charge on any atom is -0.459 e. The van der Waals surface area contributed by atoms with Crippen molar-refractivity contribution in [2.75, 3.05) is 33.1 Å².